The smallest absolute Gasteiger partial charge is 0.319 e. The van der Waals surface area contributed by atoms with Crippen molar-refractivity contribution in [1.82, 2.24) is 20.5 Å². The van der Waals surface area contributed by atoms with Crippen molar-refractivity contribution in [1.29, 1.82) is 5.26 Å². The minimum Gasteiger partial charge on any atom is -0.319 e. The number of amides is 3. The van der Waals surface area contributed by atoms with Gasteiger partial charge in [-0.1, -0.05) is 24.3 Å². The highest BCUT2D eigenvalue weighted by molar-refractivity contribution is 6.07. The fraction of sp³-hybridized carbons (Fsp3) is 0.333. The number of benzene rings is 1. The van der Waals surface area contributed by atoms with Crippen molar-refractivity contribution in [3.8, 4) is 6.07 Å². The maximum atomic E-state index is 13.7. The van der Waals surface area contributed by atoms with Gasteiger partial charge in [-0.2, -0.15) is 5.26 Å². The van der Waals surface area contributed by atoms with Crippen molar-refractivity contribution in [2.24, 2.45) is 5.92 Å². The average molecular weight is 412 g/mol. The van der Waals surface area contributed by atoms with Crippen LogP contribution in [0.15, 0.2) is 48.8 Å². The van der Waals surface area contributed by atoms with Crippen LogP contribution in [-0.4, -0.2) is 34.9 Å². The van der Waals surface area contributed by atoms with Gasteiger partial charge in [0.25, 0.3) is 5.91 Å². The standard InChI is InChI=1S/C21H21N5O2.ClH/c22-12-15-4-1-2-5-16(15)14-26-19(27)21(25-20(26)28,17-7-10-23-11-8-17)18-6-3-9-24-13-18;/h1-6,9,13,17,23H,7-8,10-11,14H2,(H,25,28);1H. The summed E-state index contributed by atoms with van der Waals surface area (Å²) in [6.45, 7) is 1.67. The van der Waals surface area contributed by atoms with Crippen LogP contribution in [0.4, 0.5) is 4.79 Å². The lowest BCUT2D eigenvalue weighted by Gasteiger charge is -2.37. The molecule has 2 aliphatic heterocycles. The number of pyridine rings is 1. The van der Waals surface area contributed by atoms with Crippen LogP contribution in [0.2, 0.25) is 0 Å². The molecule has 0 bridgehead atoms. The fourth-order valence-corrected chi connectivity index (χ4v) is 4.23. The number of urea groups is 1. The zero-order valence-corrected chi connectivity index (χ0v) is 16.6. The highest BCUT2D eigenvalue weighted by Crippen LogP contribution is 2.40. The summed E-state index contributed by atoms with van der Waals surface area (Å²) >= 11 is 0. The normalized spacial score (nSPS) is 22.0. The molecule has 2 saturated heterocycles. The van der Waals surface area contributed by atoms with E-state index in [1.807, 2.05) is 6.07 Å². The first-order chi connectivity index (χ1) is 13.7. The molecule has 1 aromatic carbocycles. The van der Waals surface area contributed by atoms with Crippen LogP contribution < -0.4 is 10.6 Å². The number of carbonyl (C=O) groups is 2. The number of nitrogens with zero attached hydrogens (tertiary/aromatic N) is 3. The second-order valence-electron chi connectivity index (χ2n) is 7.16. The number of halogens is 1. The Morgan fingerprint density at radius 1 is 1.17 bits per heavy atom. The third-order valence-corrected chi connectivity index (χ3v) is 5.67. The molecule has 3 amide bonds. The number of nitrogens with one attached hydrogen (secondary N) is 2. The number of hydrogen-bond donors (Lipinski definition) is 2. The van der Waals surface area contributed by atoms with Crippen molar-refractivity contribution in [2.45, 2.75) is 24.9 Å². The lowest BCUT2D eigenvalue weighted by atomic mass is 9.74. The third-order valence-electron chi connectivity index (χ3n) is 5.67. The van der Waals surface area contributed by atoms with Gasteiger partial charge < -0.3 is 10.6 Å². The van der Waals surface area contributed by atoms with Gasteiger partial charge in [0.2, 0.25) is 0 Å². The molecule has 3 heterocycles. The first-order valence-corrected chi connectivity index (χ1v) is 9.40. The minimum absolute atomic E-state index is 0. The predicted octanol–water partition coefficient (Wildman–Crippen LogP) is 2.32. The molecular weight excluding hydrogens is 390 g/mol. The van der Waals surface area contributed by atoms with Gasteiger partial charge in [0.1, 0.15) is 0 Å². The van der Waals surface area contributed by atoms with Gasteiger partial charge in [-0.15, -0.1) is 12.4 Å². The first-order valence-electron chi connectivity index (χ1n) is 9.40. The van der Waals surface area contributed by atoms with Crippen LogP contribution in [0.25, 0.3) is 0 Å². The molecule has 2 aromatic rings. The summed E-state index contributed by atoms with van der Waals surface area (Å²) in [5.74, 6) is -0.296. The van der Waals surface area contributed by atoms with E-state index >= 15 is 0 Å². The molecule has 2 fully saturated rings. The molecule has 2 aliphatic rings. The quantitative estimate of drug-likeness (QED) is 0.752. The Bertz CT molecular complexity index is 940. The molecular formula is C21H22ClN5O2. The van der Waals surface area contributed by atoms with Crippen molar-refractivity contribution < 1.29 is 9.59 Å². The number of hydrogen-bond acceptors (Lipinski definition) is 5. The molecule has 7 nitrogen and oxygen atoms in total. The lowest BCUT2D eigenvalue weighted by Crippen LogP contribution is -2.53. The number of imide groups is 1. The third kappa shape index (κ3) is 3.57. The van der Waals surface area contributed by atoms with Crippen LogP contribution in [-0.2, 0) is 16.9 Å². The molecule has 1 atom stereocenters. The van der Waals surface area contributed by atoms with E-state index in [-0.39, 0.29) is 30.8 Å². The Kier molecular flexibility index (Phi) is 6.16. The number of nitriles is 1. The van der Waals surface area contributed by atoms with Gasteiger partial charge >= 0.3 is 6.03 Å². The Balaban J connectivity index is 0.00000240. The van der Waals surface area contributed by atoms with Crippen molar-refractivity contribution in [2.75, 3.05) is 13.1 Å². The summed E-state index contributed by atoms with van der Waals surface area (Å²) in [7, 11) is 0. The molecule has 4 rings (SSSR count). The number of piperidine rings is 1. The van der Waals surface area contributed by atoms with Crippen molar-refractivity contribution in [3.05, 3.63) is 65.5 Å². The monoisotopic (exact) mass is 411 g/mol. The van der Waals surface area contributed by atoms with Crippen LogP contribution in [0.3, 0.4) is 0 Å². The van der Waals surface area contributed by atoms with Gasteiger partial charge in [-0.25, -0.2) is 4.79 Å². The second kappa shape index (κ2) is 8.60. The first kappa shape index (κ1) is 20.8. The number of aromatic nitrogens is 1. The van der Waals surface area contributed by atoms with E-state index in [1.165, 1.54) is 4.90 Å². The number of carbonyl (C=O) groups excluding carboxylic acids is 2. The summed E-state index contributed by atoms with van der Waals surface area (Å²) in [6, 6.07) is 12.4. The van der Waals surface area contributed by atoms with E-state index in [1.54, 1.807) is 42.7 Å². The van der Waals surface area contributed by atoms with Gasteiger partial charge in [0, 0.05) is 18.0 Å². The van der Waals surface area contributed by atoms with Gasteiger partial charge in [-0.05, 0) is 49.5 Å². The SMILES string of the molecule is Cl.N#Cc1ccccc1CN1C(=O)NC(c2cccnc2)(C2CCNCC2)C1=O. The highest BCUT2D eigenvalue weighted by atomic mass is 35.5. The Hall–Kier alpha value is -2.95. The molecule has 0 radical (unpaired) electrons. The fourth-order valence-electron chi connectivity index (χ4n) is 4.23. The maximum Gasteiger partial charge on any atom is 0.325 e. The summed E-state index contributed by atoms with van der Waals surface area (Å²) < 4.78 is 0. The summed E-state index contributed by atoms with van der Waals surface area (Å²) in [6.07, 6.45) is 4.88. The zero-order chi connectivity index (χ0) is 19.6. The molecule has 150 valence electrons. The van der Waals surface area contributed by atoms with Crippen LogP contribution in [0, 0.1) is 17.2 Å². The van der Waals surface area contributed by atoms with E-state index < -0.39 is 11.6 Å². The lowest BCUT2D eigenvalue weighted by molar-refractivity contribution is -0.134. The van der Waals surface area contributed by atoms with Crippen LogP contribution in [0.5, 0.6) is 0 Å². The Morgan fingerprint density at radius 3 is 2.62 bits per heavy atom. The molecule has 1 aromatic heterocycles. The summed E-state index contributed by atoms with van der Waals surface area (Å²) in [4.78, 5) is 32.0. The molecule has 8 heteroatoms. The zero-order valence-electron chi connectivity index (χ0n) is 15.8. The van der Waals surface area contributed by atoms with Gasteiger partial charge in [-0.3, -0.25) is 14.7 Å². The Morgan fingerprint density at radius 2 is 1.93 bits per heavy atom. The highest BCUT2D eigenvalue weighted by Gasteiger charge is 2.56. The number of rotatable bonds is 4. The van der Waals surface area contributed by atoms with Crippen molar-refractivity contribution >= 4 is 24.3 Å². The van der Waals surface area contributed by atoms with E-state index in [4.69, 9.17) is 0 Å². The van der Waals surface area contributed by atoms with Gasteiger partial charge in [0.15, 0.2) is 5.54 Å². The van der Waals surface area contributed by atoms with E-state index in [0.29, 0.717) is 16.7 Å². The molecule has 1 unspecified atom stereocenters. The van der Waals surface area contributed by atoms with E-state index in [9.17, 15) is 14.9 Å². The molecule has 0 saturated carbocycles. The minimum atomic E-state index is -1.12. The topological polar surface area (TPSA) is 98.1 Å². The van der Waals surface area contributed by atoms with Crippen LogP contribution in [0.1, 0.15) is 29.5 Å². The van der Waals surface area contributed by atoms with Gasteiger partial charge in [0.05, 0.1) is 18.2 Å². The molecule has 2 N–H and O–H groups in total. The Labute approximate surface area is 175 Å². The largest absolute Gasteiger partial charge is 0.325 e. The molecule has 29 heavy (non-hydrogen) atoms. The average Bonchev–Trinajstić information content (AvgIpc) is 3.01. The maximum absolute atomic E-state index is 13.7. The van der Waals surface area contributed by atoms with Crippen molar-refractivity contribution in [3.63, 3.8) is 0 Å². The molecule has 0 aliphatic carbocycles. The van der Waals surface area contributed by atoms with Crippen LogP contribution >= 0.6 is 12.4 Å². The molecule has 0 spiro atoms. The van der Waals surface area contributed by atoms with E-state index in [0.717, 1.165) is 25.9 Å². The second-order valence-corrected chi connectivity index (χ2v) is 7.16. The predicted molar refractivity (Wildman–Crippen MR) is 109 cm³/mol. The summed E-state index contributed by atoms with van der Waals surface area (Å²) in [5.41, 5.74) is 0.704. The summed E-state index contributed by atoms with van der Waals surface area (Å²) in [5, 5.41) is 15.6. The van der Waals surface area contributed by atoms with E-state index in [2.05, 4.69) is 21.7 Å².